The van der Waals surface area contributed by atoms with Crippen LogP contribution < -0.4 is 4.74 Å². The molecule has 1 rings (SSSR count). The van der Waals surface area contributed by atoms with E-state index in [1.165, 1.54) is 19.3 Å². The summed E-state index contributed by atoms with van der Waals surface area (Å²) in [4.78, 5) is 23.5. The molecule has 0 aliphatic rings. The van der Waals surface area contributed by atoms with Crippen LogP contribution in [-0.2, 0) is 4.79 Å². The van der Waals surface area contributed by atoms with Crippen LogP contribution in [0, 0.1) is 0 Å². The van der Waals surface area contributed by atoms with Gasteiger partial charge in [-0.25, -0.2) is 4.79 Å². The molecule has 0 saturated carbocycles. The Bertz CT molecular complexity index is 521. The lowest BCUT2D eigenvalue weighted by molar-refractivity contribution is -0.145. The van der Waals surface area contributed by atoms with Crippen molar-refractivity contribution in [3.8, 4) is 5.75 Å². The van der Waals surface area contributed by atoms with Crippen molar-refractivity contribution in [2.45, 2.75) is 90.6 Å². The third-order valence-electron chi connectivity index (χ3n) is 4.56. The number of ketones is 1. The number of carbonyl (C=O) groups is 2. The van der Waals surface area contributed by atoms with Gasteiger partial charge in [-0.05, 0) is 43.5 Å². The van der Waals surface area contributed by atoms with Gasteiger partial charge < -0.3 is 9.84 Å². The molecule has 26 heavy (non-hydrogen) atoms. The zero-order valence-corrected chi connectivity index (χ0v) is 16.3. The quantitative estimate of drug-likeness (QED) is 0.305. The first kappa shape index (κ1) is 22.2. The maximum Gasteiger partial charge on any atom is 0.344 e. The maximum absolute atomic E-state index is 12.1. The molecule has 0 fully saturated rings. The lowest BCUT2D eigenvalue weighted by Crippen LogP contribution is -2.26. The molecule has 0 radical (unpaired) electrons. The molecule has 0 aliphatic carbocycles. The molecule has 1 aromatic rings. The predicted octanol–water partition coefficient (Wildman–Crippen LogP) is 6.03. The first-order valence-corrected chi connectivity index (χ1v) is 10.1. The Labute approximate surface area is 158 Å². The van der Waals surface area contributed by atoms with Crippen molar-refractivity contribution >= 4 is 11.8 Å². The SMILES string of the molecule is CCCCCCCCC(Oc1ccc(C(=O)CCCCC)cc1)C(=O)O. The fraction of sp³-hybridized carbons (Fsp3) is 0.636. The van der Waals surface area contributed by atoms with Gasteiger partial charge in [-0.1, -0.05) is 58.8 Å². The zero-order valence-electron chi connectivity index (χ0n) is 16.3. The Kier molecular flexibility index (Phi) is 11.4. The minimum atomic E-state index is -0.932. The molecule has 0 aromatic heterocycles. The molecule has 4 heteroatoms. The number of benzene rings is 1. The van der Waals surface area contributed by atoms with Gasteiger partial charge >= 0.3 is 5.97 Å². The van der Waals surface area contributed by atoms with Crippen molar-refractivity contribution in [2.24, 2.45) is 0 Å². The van der Waals surface area contributed by atoms with Crippen LogP contribution >= 0.6 is 0 Å². The summed E-state index contributed by atoms with van der Waals surface area (Å²) in [7, 11) is 0. The number of carboxylic acid groups (broad SMARTS) is 1. The number of Topliss-reactive ketones (excluding diaryl/α,β-unsaturated/α-hetero) is 1. The Morgan fingerprint density at radius 3 is 2.08 bits per heavy atom. The van der Waals surface area contributed by atoms with E-state index < -0.39 is 12.1 Å². The molecule has 1 N–H and O–H groups in total. The molecular formula is C22H34O4. The van der Waals surface area contributed by atoms with Crippen molar-refractivity contribution in [3.05, 3.63) is 29.8 Å². The first-order chi connectivity index (χ1) is 12.6. The van der Waals surface area contributed by atoms with Gasteiger partial charge in [-0.15, -0.1) is 0 Å². The minimum absolute atomic E-state index is 0.131. The van der Waals surface area contributed by atoms with Crippen molar-refractivity contribution in [1.82, 2.24) is 0 Å². The van der Waals surface area contributed by atoms with E-state index in [1.807, 2.05) is 0 Å². The number of carbonyl (C=O) groups excluding carboxylic acids is 1. The minimum Gasteiger partial charge on any atom is -0.479 e. The smallest absolute Gasteiger partial charge is 0.344 e. The summed E-state index contributed by atoms with van der Waals surface area (Å²) < 4.78 is 5.63. The third kappa shape index (κ3) is 9.02. The number of aliphatic carboxylic acids is 1. The second kappa shape index (κ2) is 13.4. The van der Waals surface area contributed by atoms with Crippen molar-refractivity contribution in [1.29, 1.82) is 0 Å². The van der Waals surface area contributed by atoms with E-state index in [0.29, 0.717) is 24.2 Å². The molecule has 0 heterocycles. The Hall–Kier alpha value is -1.84. The zero-order chi connectivity index (χ0) is 19.2. The summed E-state index contributed by atoms with van der Waals surface area (Å²) in [5.41, 5.74) is 0.663. The average molecular weight is 363 g/mol. The molecule has 0 saturated heterocycles. The van der Waals surface area contributed by atoms with Crippen molar-refractivity contribution < 1.29 is 19.4 Å². The number of ether oxygens (including phenoxy) is 1. The van der Waals surface area contributed by atoms with Crippen LogP contribution in [0.3, 0.4) is 0 Å². The van der Waals surface area contributed by atoms with Crippen LogP contribution in [0.15, 0.2) is 24.3 Å². The standard InChI is InChI=1S/C22H34O4/c1-3-5-7-8-9-11-13-21(22(24)25)26-19-16-14-18(15-17-19)20(23)12-10-6-4-2/h14-17,21H,3-13H2,1-2H3,(H,24,25). The Morgan fingerprint density at radius 1 is 0.885 bits per heavy atom. The Balaban J connectivity index is 2.45. The highest BCUT2D eigenvalue weighted by molar-refractivity contribution is 5.96. The second-order valence-electron chi connectivity index (χ2n) is 6.91. The summed E-state index contributed by atoms with van der Waals surface area (Å²) >= 11 is 0. The Morgan fingerprint density at radius 2 is 1.46 bits per heavy atom. The first-order valence-electron chi connectivity index (χ1n) is 10.1. The molecule has 1 unspecified atom stereocenters. The van der Waals surface area contributed by atoms with Gasteiger partial charge in [0.15, 0.2) is 11.9 Å². The molecule has 1 aromatic carbocycles. The highest BCUT2D eigenvalue weighted by atomic mass is 16.5. The lowest BCUT2D eigenvalue weighted by atomic mass is 10.0. The molecule has 1 atom stereocenters. The molecule has 0 spiro atoms. The second-order valence-corrected chi connectivity index (χ2v) is 6.91. The molecule has 0 aliphatic heterocycles. The van der Waals surface area contributed by atoms with Crippen LogP contribution in [0.5, 0.6) is 5.75 Å². The van der Waals surface area contributed by atoms with Crippen molar-refractivity contribution in [3.63, 3.8) is 0 Å². The average Bonchev–Trinajstić information content (AvgIpc) is 2.64. The van der Waals surface area contributed by atoms with Gasteiger partial charge in [0.1, 0.15) is 5.75 Å². The van der Waals surface area contributed by atoms with Crippen LogP contribution in [0.4, 0.5) is 0 Å². The van der Waals surface area contributed by atoms with Crippen LogP contribution in [0.1, 0.15) is 94.8 Å². The fourth-order valence-electron chi connectivity index (χ4n) is 2.91. The predicted molar refractivity (Wildman–Crippen MR) is 105 cm³/mol. The maximum atomic E-state index is 12.1. The molecule has 0 amide bonds. The van der Waals surface area contributed by atoms with Crippen LogP contribution in [-0.4, -0.2) is 23.0 Å². The number of unbranched alkanes of at least 4 members (excludes halogenated alkanes) is 7. The van der Waals surface area contributed by atoms with E-state index in [-0.39, 0.29) is 5.78 Å². The van der Waals surface area contributed by atoms with Gasteiger partial charge in [0.2, 0.25) is 0 Å². The van der Waals surface area contributed by atoms with Gasteiger partial charge in [-0.2, -0.15) is 0 Å². The highest BCUT2D eigenvalue weighted by Gasteiger charge is 2.19. The van der Waals surface area contributed by atoms with Gasteiger partial charge in [0.05, 0.1) is 0 Å². The van der Waals surface area contributed by atoms with Gasteiger partial charge in [0.25, 0.3) is 0 Å². The van der Waals surface area contributed by atoms with Crippen molar-refractivity contribution in [2.75, 3.05) is 0 Å². The number of hydrogen-bond donors (Lipinski definition) is 1. The molecule has 4 nitrogen and oxygen atoms in total. The third-order valence-corrected chi connectivity index (χ3v) is 4.56. The monoisotopic (exact) mass is 362 g/mol. The number of carboxylic acids is 1. The summed E-state index contributed by atoms with van der Waals surface area (Å²) in [6.45, 7) is 4.29. The van der Waals surface area contributed by atoms with Gasteiger partial charge in [0, 0.05) is 12.0 Å². The van der Waals surface area contributed by atoms with E-state index in [4.69, 9.17) is 4.74 Å². The van der Waals surface area contributed by atoms with E-state index in [9.17, 15) is 14.7 Å². The normalized spacial score (nSPS) is 11.9. The van der Waals surface area contributed by atoms with E-state index in [1.54, 1.807) is 24.3 Å². The largest absolute Gasteiger partial charge is 0.479 e. The number of hydrogen-bond acceptors (Lipinski definition) is 3. The van der Waals surface area contributed by atoms with Crippen LogP contribution in [0.2, 0.25) is 0 Å². The summed E-state index contributed by atoms with van der Waals surface area (Å²) in [5, 5.41) is 9.36. The number of rotatable bonds is 15. The van der Waals surface area contributed by atoms with E-state index >= 15 is 0 Å². The van der Waals surface area contributed by atoms with Crippen LogP contribution in [0.25, 0.3) is 0 Å². The molecular weight excluding hydrogens is 328 g/mol. The lowest BCUT2D eigenvalue weighted by Gasteiger charge is -2.15. The fourth-order valence-corrected chi connectivity index (χ4v) is 2.91. The summed E-state index contributed by atoms with van der Waals surface area (Å²) in [6, 6.07) is 6.86. The highest BCUT2D eigenvalue weighted by Crippen LogP contribution is 2.18. The topological polar surface area (TPSA) is 63.6 Å². The van der Waals surface area contributed by atoms with E-state index in [0.717, 1.165) is 38.5 Å². The van der Waals surface area contributed by atoms with Gasteiger partial charge in [-0.3, -0.25) is 4.79 Å². The summed E-state index contributed by atoms with van der Waals surface area (Å²) in [6.07, 6.45) is 10.0. The summed E-state index contributed by atoms with van der Waals surface area (Å²) in [5.74, 6) is -0.293. The van der Waals surface area contributed by atoms with E-state index in [2.05, 4.69) is 13.8 Å². The molecule has 0 bridgehead atoms. The molecule has 146 valence electrons.